The molecule has 3 rings (SSSR count). The SMILES string of the molecule is Cc1cc(N)nc(C[C@H]2CNC[C@H]2OCCNCCc2nccs2)c1. The highest BCUT2D eigenvalue weighted by Gasteiger charge is 2.28. The summed E-state index contributed by atoms with van der Waals surface area (Å²) in [6.45, 7) is 6.46. The Morgan fingerprint density at radius 3 is 3.08 bits per heavy atom. The van der Waals surface area contributed by atoms with E-state index in [0.29, 0.717) is 11.7 Å². The van der Waals surface area contributed by atoms with Crippen molar-refractivity contribution in [3.63, 3.8) is 0 Å². The van der Waals surface area contributed by atoms with Crippen molar-refractivity contribution in [1.82, 2.24) is 20.6 Å². The van der Waals surface area contributed by atoms with Crippen LogP contribution in [0.25, 0.3) is 0 Å². The molecule has 2 aromatic rings. The third-order valence-corrected chi connectivity index (χ3v) is 5.24. The summed E-state index contributed by atoms with van der Waals surface area (Å²) in [6, 6.07) is 4.02. The Hall–Kier alpha value is -1.54. The van der Waals surface area contributed by atoms with Gasteiger partial charge >= 0.3 is 0 Å². The highest BCUT2D eigenvalue weighted by Crippen LogP contribution is 2.19. The number of hydrogen-bond acceptors (Lipinski definition) is 7. The van der Waals surface area contributed by atoms with Gasteiger partial charge in [0, 0.05) is 55.8 Å². The lowest BCUT2D eigenvalue weighted by atomic mass is 9.99. The number of thiazole rings is 1. The minimum absolute atomic E-state index is 0.240. The van der Waals surface area contributed by atoms with E-state index in [0.717, 1.165) is 56.9 Å². The van der Waals surface area contributed by atoms with E-state index in [9.17, 15) is 0 Å². The first-order valence-corrected chi connectivity index (χ1v) is 9.73. The lowest BCUT2D eigenvalue weighted by Gasteiger charge is -2.19. The maximum absolute atomic E-state index is 6.09. The second-order valence-corrected chi connectivity index (χ2v) is 7.50. The molecular weight excluding hydrogens is 334 g/mol. The standard InChI is InChI=1S/C18H27N5OS/c1-13-8-15(23-17(19)9-13)10-14-11-21-12-16(14)24-6-4-20-3-2-18-22-5-7-25-18/h5,7-9,14,16,20-21H,2-4,6,10-12H2,1H3,(H2,19,23)/t14-,16+/m0/s1. The second kappa shape index (κ2) is 9.24. The molecule has 4 N–H and O–H groups in total. The van der Waals surface area contributed by atoms with Gasteiger partial charge in [0.2, 0.25) is 0 Å². The van der Waals surface area contributed by atoms with Gasteiger partial charge in [-0.05, 0) is 31.0 Å². The number of ether oxygens (including phenoxy) is 1. The van der Waals surface area contributed by atoms with Crippen LogP contribution in [0.1, 0.15) is 16.3 Å². The Morgan fingerprint density at radius 1 is 1.36 bits per heavy atom. The topological polar surface area (TPSA) is 85.1 Å². The maximum atomic E-state index is 6.09. The summed E-state index contributed by atoms with van der Waals surface area (Å²) < 4.78 is 6.09. The second-order valence-electron chi connectivity index (χ2n) is 6.52. The largest absolute Gasteiger partial charge is 0.384 e. The molecule has 0 amide bonds. The first kappa shape index (κ1) is 18.3. The van der Waals surface area contributed by atoms with Gasteiger partial charge in [-0.2, -0.15) is 0 Å². The fourth-order valence-corrected chi connectivity index (χ4v) is 3.85. The van der Waals surface area contributed by atoms with Crippen molar-refractivity contribution < 1.29 is 4.74 Å². The third-order valence-electron chi connectivity index (χ3n) is 4.40. The summed E-state index contributed by atoms with van der Waals surface area (Å²) in [5.74, 6) is 1.05. The van der Waals surface area contributed by atoms with Gasteiger partial charge in [-0.1, -0.05) is 0 Å². The molecule has 2 aromatic heterocycles. The van der Waals surface area contributed by atoms with Crippen LogP contribution < -0.4 is 16.4 Å². The first-order chi connectivity index (χ1) is 12.2. The highest BCUT2D eigenvalue weighted by atomic mass is 32.1. The van der Waals surface area contributed by atoms with Crippen molar-refractivity contribution >= 4 is 17.2 Å². The van der Waals surface area contributed by atoms with E-state index in [-0.39, 0.29) is 6.10 Å². The van der Waals surface area contributed by atoms with E-state index in [1.165, 1.54) is 5.01 Å². The molecule has 7 heteroatoms. The van der Waals surface area contributed by atoms with E-state index in [1.54, 1.807) is 11.3 Å². The summed E-state index contributed by atoms with van der Waals surface area (Å²) in [4.78, 5) is 8.74. The van der Waals surface area contributed by atoms with Crippen molar-refractivity contribution in [2.24, 2.45) is 5.92 Å². The molecule has 0 spiro atoms. The van der Waals surface area contributed by atoms with Crippen LogP contribution in [0.2, 0.25) is 0 Å². The fourth-order valence-electron chi connectivity index (χ4n) is 3.23. The molecule has 0 unspecified atom stereocenters. The van der Waals surface area contributed by atoms with Crippen molar-refractivity contribution in [3.05, 3.63) is 40.0 Å². The van der Waals surface area contributed by atoms with Crippen LogP contribution in [-0.4, -0.2) is 48.9 Å². The van der Waals surface area contributed by atoms with Gasteiger partial charge in [0.05, 0.1) is 17.7 Å². The summed E-state index contributed by atoms with van der Waals surface area (Å²) in [5, 5.41) is 10.0. The Balaban J connectivity index is 1.36. The number of rotatable bonds is 9. The highest BCUT2D eigenvalue weighted by molar-refractivity contribution is 7.09. The summed E-state index contributed by atoms with van der Waals surface area (Å²) in [7, 11) is 0. The molecule has 0 radical (unpaired) electrons. The molecule has 6 nitrogen and oxygen atoms in total. The Bertz CT molecular complexity index is 629. The van der Waals surface area contributed by atoms with E-state index >= 15 is 0 Å². The lowest BCUT2D eigenvalue weighted by molar-refractivity contribution is 0.0397. The van der Waals surface area contributed by atoms with E-state index in [4.69, 9.17) is 10.5 Å². The zero-order valence-electron chi connectivity index (χ0n) is 14.7. The summed E-state index contributed by atoms with van der Waals surface area (Å²) in [6.07, 6.45) is 3.98. The summed E-state index contributed by atoms with van der Waals surface area (Å²) >= 11 is 1.70. The van der Waals surface area contributed by atoms with E-state index in [1.807, 2.05) is 17.6 Å². The number of hydrogen-bond donors (Lipinski definition) is 3. The molecule has 1 aliphatic heterocycles. The van der Waals surface area contributed by atoms with Crippen molar-refractivity contribution in [2.45, 2.75) is 25.9 Å². The normalized spacial score (nSPS) is 20.2. The molecular formula is C18H27N5OS. The number of aromatic nitrogens is 2. The van der Waals surface area contributed by atoms with Crippen LogP contribution in [0.3, 0.4) is 0 Å². The van der Waals surface area contributed by atoms with Crippen molar-refractivity contribution in [2.75, 3.05) is 38.5 Å². The monoisotopic (exact) mass is 361 g/mol. The molecule has 0 saturated carbocycles. The van der Waals surface area contributed by atoms with Crippen LogP contribution in [0, 0.1) is 12.8 Å². The predicted octanol–water partition coefficient (Wildman–Crippen LogP) is 1.41. The zero-order valence-corrected chi connectivity index (χ0v) is 15.5. The van der Waals surface area contributed by atoms with E-state index in [2.05, 4.69) is 33.6 Å². The molecule has 25 heavy (non-hydrogen) atoms. The van der Waals surface area contributed by atoms with Crippen LogP contribution in [0.4, 0.5) is 5.82 Å². The van der Waals surface area contributed by atoms with Crippen LogP contribution >= 0.6 is 11.3 Å². The smallest absolute Gasteiger partial charge is 0.123 e. The van der Waals surface area contributed by atoms with Gasteiger partial charge in [-0.25, -0.2) is 9.97 Å². The zero-order chi connectivity index (χ0) is 17.5. The minimum atomic E-state index is 0.240. The number of nitrogens with two attached hydrogens (primary N) is 1. The molecule has 2 atom stereocenters. The van der Waals surface area contributed by atoms with Crippen molar-refractivity contribution in [3.8, 4) is 0 Å². The molecule has 3 heterocycles. The Morgan fingerprint density at radius 2 is 2.28 bits per heavy atom. The number of nitrogens with one attached hydrogen (secondary N) is 2. The molecule has 0 aromatic carbocycles. The van der Waals surface area contributed by atoms with Crippen LogP contribution in [0.5, 0.6) is 0 Å². The van der Waals surface area contributed by atoms with Gasteiger partial charge in [-0.3, -0.25) is 0 Å². The predicted molar refractivity (Wildman–Crippen MR) is 102 cm³/mol. The average Bonchev–Trinajstić information content (AvgIpc) is 3.22. The van der Waals surface area contributed by atoms with Gasteiger partial charge in [-0.15, -0.1) is 11.3 Å². The van der Waals surface area contributed by atoms with Gasteiger partial charge < -0.3 is 21.1 Å². The van der Waals surface area contributed by atoms with Gasteiger partial charge in [0.1, 0.15) is 5.82 Å². The molecule has 136 valence electrons. The lowest BCUT2D eigenvalue weighted by Crippen LogP contribution is -2.29. The molecule has 0 bridgehead atoms. The number of anilines is 1. The van der Waals surface area contributed by atoms with Crippen LogP contribution in [0.15, 0.2) is 23.7 Å². The average molecular weight is 362 g/mol. The van der Waals surface area contributed by atoms with Crippen LogP contribution in [-0.2, 0) is 17.6 Å². The third kappa shape index (κ3) is 5.74. The number of nitrogens with zero attached hydrogens (tertiary/aromatic N) is 2. The van der Waals surface area contributed by atoms with E-state index < -0.39 is 0 Å². The van der Waals surface area contributed by atoms with Crippen molar-refractivity contribution in [1.29, 1.82) is 0 Å². The number of pyridine rings is 1. The quantitative estimate of drug-likeness (QED) is 0.586. The number of aryl methyl sites for hydroxylation is 1. The minimum Gasteiger partial charge on any atom is -0.384 e. The van der Waals surface area contributed by atoms with Gasteiger partial charge in [0.25, 0.3) is 0 Å². The molecule has 1 aliphatic rings. The van der Waals surface area contributed by atoms with Gasteiger partial charge in [0.15, 0.2) is 0 Å². The number of nitrogen functional groups attached to an aromatic ring is 1. The first-order valence-electron chi connectivity index (χ1n) is 8.85. The Kier molecular flexibility index (Phi) is 6.75. The molecule has 1 fully saturated rings. The maximum Gasteiger partial charge on any atom is 0.123 e. The summed E-state index contributed by atoms with van der Waals surface area (Å²) in [5.41, 5.74) is 8.08. The Labute approximate surface area is 153 Å². The fraction of sp³-hybridized carbons (Fsp3) is 0.556. The molecule has 1 saturated heterocycles. The molecule has 0 aliphatic carbocycles.